The summed E-state index contributed by atoms with van der Waals surface area (Å²) < 4.78 is 13.9. The normalized spacial score (nSPS) is 11.0. The third kappa shape index (κ3) is 6.47. The zero-order valence-corrected chi connectivity index (χ0v) is 6.68. The number of rotatable bonds is 8. The lowest BCUT2D eigenvalue weighted by Gasteiger charge is -2.14. The molecular weight excluding hydrogens is 168 g/mol. The maximum Gasteiger partial charge on any atom is 0.144 e. The molecule has 3 N–H and O–H groups in total. The van der Waals surface area contributed by atoms with Crippen LogP contribution < -0.4 is 0 Å². The molecule has 0 fully saturated rings. The molecule has 0 aliphatic rings. The highest BCUT2D eigenvalue weighted by molar-refractivity contribution is 4.52. The van der Waals surface area contributed by atoms with Gasteiger partial charge in [-0.1, -0.05) is 0 Å². The minimum Gasteiger partial charge on any atom is -0.371 e. The second kappa shape index (κ2) is 8.85. The van der Waals surface area contributed by atoms with Crippen LogP contribution in [0.3, 0.4) is 0 Å². The van der Waals surface area contributed by atoms with Crippen LogP contribution in [0.4, 0.5) is 0 Å². The summed E-state index contributed by atoms with van der Waals surface area (Å²) >= 11 is 0. The van der Waals surface area contributed by atoms with E-state index in [4.69, 9.17) is 20.1 Å². The molecule has 0 rings (SSSR count). The first-order valence-electron chi connectivity index (χ1n) is 3.44. The molecule has 0 atom stereocenters. The monoisotopic (exact) mass is 182 g/mol. The Hall–Kier alpha value is -0.240. The predicted molar refractivity (Wildman–Crippen MR) is 38.0 cm³/mol. The highest BCUT2D eigenvalue weighted by Gasteiger charge is 2.08. The lowest BCUT2D eigenvalue weighted by molar-refractivity contribution is -0.137. The van der Waals surface area contributed by atoms with Gasteiger partial charge >= 0.3 is 0 Å². The molecule has 6 nitrogen and oxygen atoms in total. The predicted octanol–water partition coefficient (Wildman–Crippen LogP) is -1.75. The summed E-state index contributed by atoms with van der Waals surface area (Å²) in [7, 11) is 0. The van der Waals surface area contributed by atoms with Gasteiger partial charge in [0.05, 0.1) is 13.2 Å². The molecule has 0 aliphatic heterocycles. The number of aliphatic hydroxyl groups is 3. The van der Waals surface area contributed by atoms with Crippen molar-refractivity contribution in [2.24, 2.45) is 0 Å². The summed E-state index contributed by atoms with van der Waals surface area (Å²) in [6, 6.07) is 0. The van der Waals surface area contributed by atoms with E-state index < -0.39 is 26.5 Å². The molecule has 74 valence electrons. The van der Waals surface area contributed by atoms with Crippen molar-refractivity contribution in [3.63, 3.8) is 0 Å². The Morgan fingerprint density at radius 1 is 0.833 bits per heavy atom. The van der Waals surface area contributed by atoms with Gasteiger partial charge in [-0.05, 0) is 0 Å². The summed E-state index contributed by atoms with van der Waals surface area (Å²) in [5.74, 6) is 0. The molecule has 12 heavy (non-hydrogen) atoms. The van der Waals surface area contributed by atoms with E-state index in [9.17, 15) is 0 Å². The van der Waals surface area contributed by atoms with Gasteiger partial charge in [-0.25, -0.2) is 0 Å². The van der Waals surface area contributed by atoms with E-state index in [1.54, 1.807) is 0 Å². The standard InChI is InChI=1S/C6H14O6/c7-3-10-1-6(12-5-9)2-11-4-8/h6-9H,1-5H2. The van der Waals surface area contributed by atoms with E-state index in [2.05, 4.69) is 9.47 Å². The molecule has 0 radical (unpaired) electrons. The van der Waals surface area contributed by atoms with E-state index in [0.717, 1.165) is 0 Å². The van der Waals surface area contributed by atoms with Gasteiger partial charge in [0.1, 0.15) is 26.5 Å². The Bertz CT molecular complexity index is 80.1. The zero-order valence-electron chi connectivity index (χ0n) is 6.68. The smallest absolute Gasteiger partial charge is 0.144 e. The van der Waals surface area contributed by atoms with Crippen LogP contribution in [-0.2, 0) is 14.2 Å². The van der Waals surface area contributed by atoms with Crippen LogP contribution in [0.5, 0.6) is 0 Å². The molecule has 0 saturated carbocycles. The van der Waals surface area contributed by atoms with Gasteiger partial charge in [-0.2, -0.15) is 0 Å². The molecule has 0 unspecified atom stereocenters. The number of hydrogen-bond donors (Lipinski definition) is 3. The van der Waals surface area contributed by atoms with Crippen molar-refractivity contribution in [3.05, 3.63) is 0 Å². The summed E-state index contributed by atoms with van der Waals surface area (Å²) in [6.07, 6.45) is -0.478. The van der Waals surface area contributed by atoms with E-state index in [1.807, 2.05) is 0 Å². The number of aliphatic hydroxyl groups excluding tert-OH is 3. The number of ether oxygens (including phenoxy) is 3. The Morgan fingerprint density at radius 2 is 1.33 bits per heavy atom. The Morgan fingerprint density at radius 3 is 1.67 bits per heavy atom. The van der Waals surface area contributed by atoms with Crippen molar-refractivity contribution in [2.45, 2.75) is 6.10 Å². The minimum absolute atomic E-state index is 0.108. The van der Waals surface area contributed by atoms with Gasteiger partial charge in [0.25, 0.3) is 0 Å². The average Bonchev–Trinajstić information content (AvgIpc) is 2.10. The molecule has 6 heteroatoms. The molecule has 0 saturated heterocycles. The summed E-state index contributed by atoms with van der Waals surface area (Å²) in [6.45, 7) is -1.06. The van der Waals surface area contributed by atoms with Gasteiger partial charge in [-0.15, -0.1) is 0 Å². The third-order valence-corrected chi connectivity index (χ3v) is 1.10. The molecule has 0 amide bonds. The maximum absolute atomic E-state index is 8.38. The van der Waals surface area contributed by atoms with Crippen LogP contribution in [0.15, 0.2) is 0 Å². The van der Waals surface area contributed by atoms with Crippen LogP contribution in [-0.4, -0.2) is 55.0 Å². The van der Waals surface area contributed by atoms with Crippen LogP contribution in [0.25, 0.3) is 0 Å². The first-order valence-corrected chi connectivity index (χ1v) is 3.44. The van der Waals surface area contributed by atoms with Crippen LogP contribution in [0.1, 0.15) is 0 Å². The fraction of sp³-hybridized carbons (Fsp3) is 1.00. The topological polar surface area (TPSA) is 88.4 Å². The quantitative estimate of drug-likeness (QED) is 0.386. The molecule has 0 aromatic heterocycles. The van der Waals surface area contributed by atoms with Crippen LogP contribution in [0.2, 0.25) is 0 Å². The largest absolute Gasteiger partial charge is 0.371 e. The first kappa shape index (κ1) is 11.8. The fourth-order valence-electron chi connectivity index (χ4n) is 0.618. The second-order valence-electron chi connectivity index (χ2n) is 1.92. The molecule has 0 aliphatic carbocycles. The second-order valence-corrected chi connectivity index (χ2v) is 1.92. The Labute approximate surface area is 70.3 Å². The SMILES string of the molecule is OCOCC(COCO)OCO. The van der Waals surface area contributed by atoms with E-state index in [0.29, 0.717) is 0 Å². The van der Waals surface area contributed by atoms with Crippen molar-refractivity contribution in [1.82, 2.24) is 0 Å². The van der Waals surface area contributed by atoms with Crippen molar-refractivity contribution in [1.29, 1.82) is 0 Å². The van der Waals surface area contributed by atoms with Gasteiger partial charge in [0.2, 0.25) is 0 Å². The zero-order chi connectivity index (χ0) is 9.23. The fourth-order valence-corrected chi connectivity index (χ4v) is 0.618. The van der Waals surface area contributed by atoms with Crippen molar-refractivity contribution >= 4 is 0 Å². The highest BCUT2D eigenvalue weighted by atomic mass is 16.6. The summed E-state index contributed by atoms with van der Waals surface area (Å²) in [4.78, 5) is 0. The summed E-state index contributed by atoms with van der Waals surface area (Å²) in [5.41, 5.74) is 0. The maximum atomic E-state index is 8.38. The molecule has 0 bridgehead atoms. The van der Waals surface area contributed by atoms with Crippen LogP contribution in [0, 0.1) is 0 Å². The molecule has 0 heterocycles. The van der Waals surface area contributed by atoms with Crippen molar-refractivity contribution in [3.8, 4) is 0 Å². The first-order chi connectivity index (χ1) is 5.85. The van der Waals surface area contributed by atoms with E-state index >= 15 is 0 Å². The van der Waals surface area contributed by atoms with E-state index in [-0.39, 0.29) is 13.2 Å². The third-order valence-electron chi connectivity index (χ3n) is 1.10. The van der Waals surface area contributed by atoms with Crippen molar-refractivity contribution in [2.75, 3.05) is 33.6 Å². The van der Waals surface area contributed by atoms with Gasteiger partial charge < -0.3 is 29.5 Å². The average molecular weight is 182 g/mol. The van der Waals surface area contributed by atoms with Gasteiger partial charge in [0.15, 0.2) is 0 Å². The molecular formula is C6H14O6. The number of hydrogen-bond acceptors (Lipinski definition) is 6. The molecule has 0 aromatic rings. The summed E-state index contributed by atoms with van der Waals surface area (Å²) in [5, 5.41) is 24.9. The van der Waals surface area contributed by atoms with E-state index in [1.165, 1.54) is 0 Å². The minimum atomic E-state index is -0.478. The lowest BCUT2D eigenvalue weighted by Crippen LogP contribution is -2.26. The van der Waals surface area contributed by atoms with Gasteiger partial charge in [0, 0.05) is 0 Å². The lowest BCUT2D eigenvalue weighted by atomic mass is 10.4. The van der Waals surface area contributed by atoms with Gasteiger partial charge in [-0.3, -0.25) is 0 Å². The van der Waals surface area contributed by atoms with Crippen LogP contribution >= 0.6 is 0 Å². The Balaban J connectivity index is 3.40. The molecule has 0 aromatic carbocycles. The Kier molecular flexibility index (Phi) is 8.68. The van der Waals surface area contributed by atoms with Crippen molar-refractivity contribution < 1.29 is 29.5 Å². The highest BCUT2D eigenvalue weighted by Crippen LogP contribution is 1.93. The molecule has 0 spiro atoms.